The number of carbonyl (C=O) groups is 1. The van der Waals surface area contributed by atoms with Crippen LogP contribution in [0.4, 0.5) is 5.69 Å². The van der Waals surface area contributed by atoms with Gasteiger partial charge in [-0.3, -0.25) is 4.79 Å². The van der Waals surface area contributed by atoms with Gasteiger partial charge in [-0.05, 0) is 56.2 Å². The quantitative estimate of drug-likeness (QED) is 0.822. The summed E-state index contributed by atoms with van der Waals surface area (Å²) in [5, 5.41) is 0. The van der Waals surface area contributed by atoms with Gasteiger partial charge in [0.05, 0.1) is 13.2 Å². The number of ether oxygens (including phenoxy) is 1. The first kappa shape index (κ1) is 19.8. The highest BCUT2D eigenvalue weighted by molar-refractivity contribution is 5.96. The van der Waals surface area contributed by atoms with Crippen molar-refractivity contribution >= 4 is 24.0 Å². The fraction of sp³-hybridized carbons (Fsp3) is 0.316. The highest BCUT2D eigenvalue weighted by atomic mass is 35.5. The van der Waals surface area contributed by atoms with E-state index < -0.39 is 0 Å². The minimum absolute atomic E-state index is 0. The van der Waals surface area contributed by atoms with Gasteiger partial charge < -0.3 is 15.4 Å². The van der Waals surface area contributed by atoms with E-state index in [9.17, 15) is 4.79 Å². The number of hydrogen-bond acceptors (Lipinski definition) is 3. The molecule has 0 radical (unpaired) electrons. The molecule has 1 amide bonds. The summed E-state index contributed by atoms with van der Waals surface area (Å²) in [4.78, 5) is 14.8. The summed E-state index contributed by atoms with van der Waals surface area (Å²) in [7, 11) is 1.64. The van der Waals surface area contributed by atoms with Gasteiger partial charge in [0.2, 0.25) is 0 Å². The molecule has 0 aromatic heterocycles. The van der Waals surface area contributed by atoms with Crippen molar-refractivity contribution in [2.45, 2.75) is 26.8 Å². The van der Waals surface area contributed by atoms with Crippen LogP contribution in [0.15, 0.2) is 42.5 Å². The van der Waals surface area contributed by atoms with Crippen LogP contribution in [0.1, 0.15) is 41.4 Å². The summed E-state index contributed by atoms with van der Waals surface area (Å²) >= 11 is 0. The normalized spacial score (nSPS) is 11.3. The summed E-state index contributed by atoms with van der Waals surface area (Å²) in [6.07, 6.45) is 0. The van der Waals surface area contributed by atoms with E-state index in [0.717, 1.165) is 16.9 Å². The molecule has 1 unspecified atom stereocenters. The zero-order valence-electron chi connectivity index (χ0n) is 14.6. The molecule has 0 heterocycles. The molecule has 130 valence electrons. The Morgan fingerprint density at radius 1 is 1.25 bits per heavy atom. The standard InChI is InChI=1S/C19H24N2O2.ClH/c1-5-21(14(3)15-7-6-8-17(11-15)23-4)19(22)18-12-16(20)10-9-13(18)2;/h6-12,14H,5,20H2,1-4H3;1H. The molecule has 2 rings (SSSR count). The first-order valence-corrected chi connectivity index (χ1v) is 7.79. The number of aryl methyl sites for hydroxylation is 1. The molecule has 0 aliphatic carbocycles. The lowest BCUT2D eigenvalue weighted by molar-refractivity contribution is 0.0701. The molecule has 1 atom stereocenters. The Hall–Kier alpha value is -2.20. The molecular formula is C19H25ClN2O2. The summed E-state index contributed by atoms with van der Waals surface area (Å²) in [6.45, 7) is 6.55. The number of methoxy groups -OCH3 is 1. The number of rotatable bonds is 5. The van der Waals surface area contributed by atoms with Gasteiger partial charge in [0.15, 0.2) is 0 Å². The molecule has 5 heteroatoms. The van der Waals surface area contributed by atoms with Crippen LogP contribution in [-0.4, -0.2) is 24.5 Å². The first-order valence-electron chi connectivity index (χ1n) is 7.79. The van der Waals surface area contributed by atoms with E-state index in [-0.39, 0.29) is 24.4 Å². The Morgan fingerprint density at radius 2 is 1.96 bits per heavy atom. The van der Waals surface area contributed by atoms with Gasteiger partial charge in [0.1, 0.15) is 5.75 Å². The third kappa shape index (κ3) is 4.20. The molecule has 0 aliphatic rings. The van der Waals surface area contributed by atoms with Crippen molar-refractivity contribution in [2.24, 2.45) is 0 Å². The summed E-state index contributed by atoms with van der Waals surface area (Å²) in [5.74, 6) is 0.783. The Morgan fingerprint density at radius 3 is 2.58 bits per heavy atom. The van der Waals surface area contributed by atoms with Gasteiger partial charge in [-0.1, -0.05) is 18.2 Å². The van der Waals surface area contributed by atoms with Crippen LogP contribution in [-0.2, 0) is 0 Å². The number of carbonyl (C=O) groups excluding carboxylic acids is 1. The Kier molecular flexibility index (Phi) is 7.11. The van der Waals surface area contributed by atoms with Crippen molar-refractivity contribution in [3.8, 4) is 5.75 Å². The maximum atomic E-state index is 13.0. The largest absolute Gasteiger partial charge is 0.497 e. The van der Waals surface area contributed by atoms with Crippen LogP contribution in [0.25, 0.3) is 0 Å². The van der Waals surface area contributed by atoms with Crippen LogP contribution in [0.3, 0.4) is 0 Å². The number of halogens is 1. The second-order valence-corrected chi connectivity index (χ2v) is 5.62. The SMILES string of the molecule is CCN(C(=O)c1cc(N)ccc1C)C(C)c1cccc(OC)c1.Cl. The number of nitrogens with two attached hydrogens (primary N) is 1. The fourth-order valence-electron chi connectivity index (χ4n) is 2.70. The van der Waals surface area contributed by atoms with E-state index in [1.165, 1.54) is 0 Å². The summed E-state index contributed by atoms with van der Waals surface area (Å²) < 4.78 is 5.28. The number of nitrogen functional groups attached to an aromatic ring is 1. The molecular weight excluding hydrogens is 324 g/mol. The van der Waals surface area contributed by atoms with Gasteiger partial charge >= 0.3 is 0 Å². The van der Waals surface area contributed by atoms with Crippen molar-refractivity contribution in [3.05, 3.63) is 59.2 Å². The maximum Gasteiger partial charge on any atom is 0.254 e. The minimum atomic E-state index is -0.0524. The van der Waals surface area contributed by atoms with Gasteiger partial charge in [0, 0.05) is 17.8 Å². The molecule has 2 aromatic carbocycles. The predicted molar refractivity (Wildman–Crippen MR) is 101 cm³/mol. The van der Waals surface area contributed by atoms with Gasteiger partial charge in [-0.2, -0.15) is 0 Å². The molecule has 2 aromatic rings. The molecule has 2 N–H and O–H groups in total. The zero-order valence-corrected chi connectivity index (χ0v) is 15.4. The van der Waals surface area contributed by atoms with Crippen molar-refractivity contribution < 1.29 is 9.53 Å². The minimum Gasteiger partial charge on any atom is -0.497 e. The Bertz CT molecular complexity index is 704. The third-order valence-corrected chi connectivity index (χ3v) is 4.14. The van der Waals surface area contributed by atoms with E-state index in [1.807, 2.05) is 62.1 Å². The number of anilines is 1. The fourth-order valence-corrected chi connectivity index (χ4v) is 2.70. The molecule has 0 spiro atoms. The van der Waals surface area contributed by atoms with Gasteiger partial charge in [-0.15, -0.1) is 12.4 Å². The lowest BCUT2D eigenvalue weighted by Crippen LogP contribution is -2.34. The average Bonchev–Trinajstić information content (AvgIpc) is 2.57. The van der Waals surface area contributed by atoms with Crippen LogP contribution >= 0.6 is 12.4 Å². The Balaban J connectivity index is 0.00000288. The summed E-state index contributed by atoms with van der Waals surface area (Å²) in [5.41, 5.74) is 9.07. The van der Waals surface area contributed by atoms with Gasteiger partial charge in [-0.25, -0.2) is 0 Å². The summed E-state index contributed by atoms with van der Waals surface area (Å²) in [6, 6.07) is 13.2. The topological polar surface area (TPSA) is 55.6 Å². The van der Waals surface area contributed by atoms with Gasteiger partial charge in [0.25, 0.3) is 5.91 Å². The van der Waals surface area contributed by atoms with E-state index in [4.69, 9.17) is 10.5 Å². The number of hydrogen-bond donors (Lipinski definition) is 1. The number of benzene rings is 2. The van der Waals surface area contributed by atoms with E-state index >= 15 is 0 Å². The monoisotopic (exact) mass is 348 g/mol. The molecule has 0 bridgehead atoms. The first-order chi connectivity index (χ1) is 11.0. The van der Waals surface area contributed by atoms with Crippen molar-refractivity contribution in [1.82, 2.24) is 4.90 Å². The predicted octanol–water partition coefficient (Wildman–Crippen LogP) is 4.23. The van der Waals surface area contributed by atoms with E-state index in [1.54, 1.807) is 13.2 Å². The second kappa shape index (κ2) is 8.60. The highest BCUT2D eigenvalue weighted by Gasteiger charge is 2.23. The average molecular weight is 349 g/mol. The van der Waals surface area contributed by atoms with Crippen LogP contribution < -0.4 is 10.5 Å². The molecule has 0 saturated carbocycles. The Labute approximate surface area is 150 Å². The van der Waals surface area contributed by atoms with Crippen LogP contribution in [0.5, 0.6) is 5.75 Å². The smallest absolute Gasteiger partial charge is 0.254 e. The lowest BCUT2D eigenvalue weighted by Gasteiger charge is -2.29. The highest BCUT2D eigenvalue weighted by Crippen LogP contribution is 2.26. The number of amides is 1. The van der Waals surface area contributed by atoms with Crippen molar-refractivity contribution in [2.75, 3.05) is 19.4 Å². The zero-order chi connectivity index (χ0) is 17.0. The molecule has 24 heavy (non-hydrogen) atoms. The number of nitrogens with zero attached hydrogens (tertiary/aromatic N) is 1. The molecule has 0 saturated heterocycles. The van der Waals surface area contributed by atoms with E-state index in [2.05, 4.69) is 0 Å². The third-order valence-electron chi connectivity index (χ3n) is 4.14. The molecule has 4 nitrogen and oxygen atoms in total. The van der Waals surface area contributed by atoms with Crippen LogP contribution in [0.2, 0.25) is 0 Å². The second-order valence-electron chi connectivity index (χ2n) is 5.62. The molecule has 0 fully saturated rings. The lowest BCUT2D eigenvalue weighted by atomic mass is 10.0. The molecule has 0 aliphatic heterocycles. The maximum absolute atomic E-state index is 13.0. The van der Waals surface area contributed by atoms with Crippen molar-refractivity contribution in [3.63, 3.8) is 0 Å². The van der Waals surface area contributed by atoms with Crippen molar-refractivity contribution in [1.29, 1.82) is 0 Å². The van der Waals surface area contributed by atoms with Crippen LogP contribution in [0, 0.1) is 6.92 Å². The van der Waals surface area contributed by atoms with E-state index in [0.29, 0.717) is 17.8 Å².